The summed E-state index contributed by atoms with van der Waals surface area (Å²) in [5.74, 6) is -1.37. The number of rotatable bonds is 5. The third kappa shape index (κ3) is 2.30. The van der Waals surface area contributed by atoms with Crippen molar-refractivity contribution in [3.63, 3.8) is 0 Å². The molecule has 1 unspecified atom stereocenters. The maximum absolute atomic E-state index is 11.9. The number of sulfone groups is 1. The molecule has 0 aliphatic carbocycles. The number of nitrogens with zero attached hydrogens (tertiary/aromatic N) is 3. The Labute approximate surface area is 105 Å². The van der Waals surface area contributed by atoms with E-state index in [4.69, 9.17) is 10.8 Å². The average Bonchev–Trinajstić information content (AvgIpc) is 2.62. The van der Waals surface area contributed by atoms with Crippen molar-refractivity contribution in [3.8, 4) is 0 Å². The van der Waals surface area contributed by atoms with Gasteiger partial charge in [0, 0.05) is 0 Å². The zero-order valence-corrected chi connectivity index (χ0v) is 11.2. The molecule has 18 heavy (non-hydrogen) atoms. The Hall–Kier alpha value is -1.64. The number of anilines is 1. The molecule has 0 saturated carbocycles. The molecule has 3 N–H and O–H groups in total. The van der Waals surface area contributed by atoms with Crippen LogP contribution in [0.2, 0.25) is 0 Å². The van der Waals surface area contributed by atoms with Gasteiger partial charge in [-0.1, -0.05) is 12.1 Å². The molecule has 9 heteroatoms. The molecular formula is C9H16N4O4S. The molecule has 0 spiro atoms. The molecule has 1 atom stereocenters. The van der Waals surface area contributed by atoms with Crippen LogP contribution in [0.3, 0.4) is 0 Å². The number of carboxylic acids is 1. The van der Waals surface area contributed by atoms with E-state index >= 15 is 0 Å². The smallest absolute Gasteiger partial charge is 0.328 e. The maximum Gasteiger partial charge on any atom is 0.328 e. The SMILES string of the molecule is CCC(C(=O)O)n1nnc(S(=O)(=O)C(C)C)c1N. The molecule has 0 fully saturated rings. The molecule has 1 aromatic rings. The second-order valence-corrected chi connectivity index (χ2v) is 6.50. The van der Waals surface area contributed by atoms with Gasteiger partial charge in [-0.2, -0.15) is 0 Å². The second-order valence-electron chi connectivity index (χ2n) is 4.08. The standard InChI is InChI=1S/C9H16N4O4S/c1-4-6(9(14)15)13-7(10)8(11-12-13)18(16,17)5(2)3/h5-6H,4,10H2,1-3H3,(H,14,15). The van der Waals surface area contributed by atoms with Crippen LogP contribution in [0.4, 0.5) is 5.82 Å². The number of aliphatic carboxylic acids is 1. The summed E-state index contributed by atoms with van der Waals surface area (Å²) in [6, 6.07) is -1.02. The summed E-state index contributed by atoms with van der Waals surface area (Å²) in [4.78, 5) is 11.0. The van der Waals surface area contributed by atoms with Crippen LogP contribution in [0.15, 0.2) is 5.03 Å². The lowest BCUT2D eigenvalue weighted by Crippen LogP contribution is -2.22. The van der Waals surface area contributed by atoms with Crippen molar-refractivity contribution in [2.75, 3.05) is 5.73 Å². The third-order valence-corrected chi connectivity index (χ3v) is 4.63. The lowest BCUT2D eigenvalue weighted by atomic mass is 10.2. The van der Waals surface area contributed by atoms with E-state index in [1.54, 1.807) is 6.92 Å². The highest BCUT2D eigenvalue weighted by Crippen LogP contribution is 2.23. The topological polar surface area (TPSA) is 128 Å². The maximum atomic E-state index is 11.9. The Morgan fingerprint density at radius 2 is 2.06 bits per heavy atom. The molecule has 0 bridgehead atoms. The summed E-state index contributed by atoms with van der Waals surface area (Å²) in [5.41, 5.74) is 5.64. The van der Waals surface area contributed by atoms with Crippen molar-refractivity contribution in [1.29, 1.82) is 0 Å². The van der Waals surface area contributed by atoms with Gasteiger partial charge in [-0.05, 0) is 20.3 Å². The van der Waals surface area contributed by atoms with Crippen LogP contribution in [0.1, 0.15) is 33.2 Å². The van der Waals surface area contributed by atoms with Gasteiger partial charge in [0.25, 0.3) is 0 Å². The number of aromatic nitrogens is 3. The first-order valence-corrected chi connectivity index (χ1v) is 6.95. The summed E-state index contributed by atoms with van der Waals surface area (Å²) in [5, 5.41) is 15.0. The fourth-order valence-corrected chi connectivity index (χ4v) is 2.38. The first-order chi connectivity index (χ1) is 8.23. The predicted octanol–water partition coefficient (Wildman–Crippen LogP) is 0.0781. The molecule has 0 aliphatic heterocycles. The van der Waals surface area contributed by atoms with Crippen molar-refractivity contribution in [1.82, 2.24) is 15.0 Å². The fraction of sp³-hybridized carbons (Fsp3) is 0.667. The zero-order valence-electron chi connectivity index (χ0n) is 10.4. The van der Waals surface area contributed by atoms with E-state index < -0.39 is 27.1 Å². The minimum Gasteiger partial charge on any atom is -0.480 e. The highest BCUT2D eigenvalue weighted by atomic mass is 32.2. The van der Waals surface area contributed by atoms with Gasteiger partial charge >= 0.3 is 5.97 Å². The number of hydrogen-bond donors (Lipinski definition) is 2. The molecule has 1 aromatic heterocycles. The van der Waals surface area contributed by atoms with Crippen LogP contribution in [-0.4, -0.2) is 39.7 Å². The summed E-state index contributed by atoms with van der Waals surface area (Å²) < 4.78 is 24.7. The van der Waals surface area contributed by atoms with Gasteiger partial charge in [-0.25, -0.2) is 17.9 Å². The Bertz CT molecular complexity index is 549. The molecule has 102 valence electrons. The number of carbonyl (C=O) groups is 1. The highest BCUT2D eigenvalue weighted by molar-refractivity contribution is 7.92. The van der Waals surface area contributed by atoms with Crippen LogP contribution in [0.25, 0.3) is 0 Å². The molecule has 1 rings (SSSR count). The lowest BCUT2D eigenvalue weighted by molar-refractivity contribution is -0.141. The normalized spacial score (nSPS) is 13.8. The van der Waals surface area contributed by atoms with Crippen LogP contribution >= 0.6 is 0 Å². The Kier molecular flexibility index (Phi) is 3.95. The first-order valence-electron chi connectivity index (χ1n) is 5.40. The van der Waals surface area contributed by atoms with Crippen LogP contribution in [-0.2, 0) is 14.6 Å². The van der Waals surface area contributed by atoms with Crippen molar-refractivity contribution >= 4 is 21.6 Å². The van der Waals surface area contributed by atoms with Gasteiger partial charge in [0.05, 0.1) is 5.25 Å². The van der Waals surface area contributed by atoms with Crippen LogP contribution < -0.4 is 5.73 Å². The highest BCUT2D eigenvalue weighted by Gasteiger charge is 2.30. The first kappa shape index (κ1) is 14.4. The third-order valence-electron chi connectivity index (χ3n) is 2.55. The van der Waals surface area contributed by atoms with Gasteiger partial charge in [-0.15, -0.1) is 5.10 Å². The molecule has 0 saturated heterocycles. The van der Waals surface area contributed by atoms with Gasteiger partial charge in [0.15, 0.2) is 11.9 Å². The molecule has 0 aromatic carbocycles. The molecule has 1 heterocycles. The number of carboxylic acid groups (broad SMARTS) is 1. The number of nitrogen functional groups attached to an aromatic ring is 1. The van der Waals surface area contributed by atoms with Crippen molar-refractivity contribution in [2.24, 2.45) is 0 Å². The average molecular weight is 276 g/mol. The molecule has 8 nitrogen and oxygen atoms in total. The second kappa shape index (κ2) is 4.92. The minimum absolute atomic E-state index is 0.226. The van der Waals surface area contributed by atoms with Crippen LogP contribution in [0.5, 0.6) is 0 Å². The van der Waals surface area contributed by atoms with E-state index in [2.05, 4.69) is 10.3 Å². The summed E-state index contributed by atoms with van der Waals surface area (Å²) >= 11 is 0. The van der Waals surface area contributed by atoms with E-state index in [0.29, 0.717) is 0 Å². The zero-order chi connectivity index (χ0) is 14.1. The monoisotopic (exact) mass is 276 g/mol. The number of nitrogens with two attached hydrogens (primary N) is 1. The minimum atomic E-state index is -3.67. The van der Waals surface area contributed by atoms with Crippen LogP contribution in [0, 0.1) is 0 Å². The van der Waals surface area contributed by atoms with Crippen molar-refractivity contribution in [3.05, 3.63) is 0 Å². The number of hydrogen-bond acceptors (Lipinski definition) is 6. The fourth-order valence-electron chi connectivity index (χ4n) is 1.39. The van der Waals surface area contributed by atoms with Gasteiger partial charge < -0.3 is 10.8 Å². The van der Waals surface area contributed by atoms with E-state index in [0.717, 1.165) is 4.68 Å². The Balaban J connectivity index is 3.32. The summed E-state index contributed by atoms with van der Waals surface area (Å²) in [6.45, 7) is 4.61. The molecule has 0 radical (unpaired) electrons. The Morgan fingerprint density at radius 3 is 2.44 bits per heavy atom. The van der Waals surface area contributed by atoms with E-state index in [1.807, 2.05) is 0 Å². The quantitative estimate of drug-likeness (QED) is 0.779. The molecule has 0 aliphatic rings. The lowest BCUT2D eigenvalue weighted by Gasteiger charge is -2.11. The summed E-state index contributed by atoms with van der Waals surface area (Å²) in [6.07, 6.45) is 0.226. The van der Waals surface area contributed by atoms with Gasteiger partial charge in [0.2, 0.25) is 14.9 Å². The largest absolute Gasteiger partial charge is 0.480 e. The van der Waals surface area contributed by atoms with E-state index in [9.17, 15) is 13.2 Å². The van der Waals surface area contributed by atoms with Gasteiger partial charge in [0.1, 0.15) is 0 Å². The van der Waals surface area contributed by atoms with Gasteiger partial charge in [-0.3, -0.25) is 0 Å². The van der Waals surface area contributed by atoms with Crippen molar-refractivity contribution in [2.45, 2.75) is 43.5 Å². The van der Waals surface area contributed by atoms with E-state index in [1.165, 1.54) is 13.8 Å². The van der Waals surface area contributed by atoms with Crippen molar-refractivity contribution < 1.29 is 18.3 Å². The predicted molar refractivity (Wildman–Crippen MR) is 63.7 cm³/mol. The Morgan fingerprint density at radius 1 is 1.50 bits per heavy atom. The van der Waals surface area contributed by atoms with E-state index in [-0.39, 0.29) is 17.3 Å². The molecular weight excluding hydrogens is 260 g/mol. The molecule has 0 amide bonds. The summed E-state index contributed by atoms with van der Waals surface area (Å²) in [7, 11) is -3.67.